The first kappa shape index (κ1) is 24.0. The fourth-order valence-corrected chi connectivity index (χ4v) is 3.34. The van der Waals surface area contributed by atoms with Crippen molar-refractivity contribution >= 4 is 18.1 Å². The van der Waals surface area contributed by atoms with E-state index in [2.05, 4.69) is 4.90 Å². The Morgan fingerprint density at radius 2 is 1.50 bits per heavy atom. The molecule has 1 fully saturated rings. The van der Waals surface area contributed by atoms with Gasteiger partial charge in [-0.1, -0.05) is 12.1 Å². The van der Waals surface area contributed by atoms with Crippen LogP contribution in [0.15, 0.2) is 42.5 Å². The number of anilines is 1. The Morgan fingerprint density at radius 1 is 0.900 bits per heavy atom. The lowest BCUT2D eigenvalue weighted by molar-refractivity contribution is -0.137. The molecule has 0 aliphatic carbocycles. The van der Waals surface area contributed by atoms with Crippen molar-refractivity contribution in [1.29, 1.82) is 0 Å². The number of halogens is 4. The van der Waals surface area contributed by atoms with Gasteiger partial charge in [0.1, 0.15) is 6.61 Å². The lowest BCUT2D eigenvalue weighted by Crippen LogP contribution is -2.47. The van der Waals surface area contributed by atoms with E-state index < -0.39 is 11.7 Å². The van der Waals surface area contributed by atoms with Crippen LogP contribution < -0.4 is 19.1 Å². The topological polar surface area (TPSA) is 34.2 Å². The maximum Gasteiger partial charge on any atom is 0.416 e. The monoisotopic (exact) mass is 446 g/mol. The van der Waals surface area contributed by atoms with Gasteiger partial charge in [0.25, 0.3) is 0 Å². The number of nitrogens with zero attached hydrogens (tertiary/aromatic N) is 2. The van der Waals surface area contributed by atoms with E-state index in [9.17, 15) is 13.2 Å². The number of methoxy groups -OCH3 is 2. The molecular formula is C21H26ClF3N2O3. The van der Waals surface area contributed by atoms with Gasteiger partial charge in [-0.2, -0.15) is 13.2 Å². The van der Waals surface area contributed by atoms with Crippen LogP contribution in [0.4, 0.5) is 18.9 Å². The highest BCUT2D eigenvalue weighted by atomic mass is 35.5. The van der Waals surface area contributed by atoms with Gasteiger partial charge in [0, 0.05) is 38.4 Å². The van der Waals surface area contributed by atoms with Gasteiger partial charge in [-0.15, -0.1) is 12.4 Å². The summed E-state index contributed by atoms with van der Waals surface area (Å²) >= 11 is 0. The summed E-state index contributed by atoms with van der Waals surface area (Å²) in [6, 6.07) is 11.0. The Hall–Kier alpha value is -2.32. The third kappa shape index (κ3) is 5.86. The molecule has 0 saturated carbocycles. The molecule has 0 N–H and O–H groups in total. The van der Waals surface area contributed by atoms with Gasteiger partial charge in [0.2, 0.25) is 5.75 Å². The average molecular weight is 447 g/mol. The fourth-order valence-electron chi connectivity index (χ4n) is 3.34. The number of piperazine rings is 1. The van der Waals surface area contributed by atoms with Crippen LogP contribution in [0.1, 0.15) is 5.56 Å². The van der Waals surface area contributed by atoms with Crippen LogP contribution in [-0.2, 0) is 6.18 Å². The number of hydrogen-bond acceptors (Lipinski definition) is 5. The van der Waals surface area contributed by atoms with Crippen molar-refractivity contribution in [3.05, 3.63) is 48.0 Å². The van der Waals surface area contributed by atoms with Crippen LogP contribution in [0.3, 0.4) is 0 Å². The minimum Gasteiger partial charge on any atom is -0.493 e. The van der Waals surface area contributed by atoms with E-state index >= 15 is 0 Å². The molecule has 0 bridgehead atoms. The third-order valence-electron chi connectivity index (χ3n) is 4.95. The zero-order chi connectivity index (χ0) is 20.9. The number of para-hydroxylation sites is 1. The molecule has 0 radical (unpaired) electrons. The zero-order valence-corrected chi connectivity index (χ0v) is 17.8. The molecule has 0 atom stereocenters. The number of hydrogen-bond donors (Lipinski definition) is 0. The molecule has 166 valence electrons. The molecule has 2 aromatic rings. The van der Waals surface area contributed by atoms with Gasteiger partial charge >= 0.3 is 6.18 Å². The number of rotatable bonds is 7. The lowest BCUT2D eigenvalue weighted by Gasteiger charge is -2.36. The molecule has 1 aliphatic rings. The Labute approximate surface area is 180 Å². The fraction of sp³-hybridized carbons (Fsp3) is 0.429. The van der Waals surface area contributed by atoms with Crippen LogP contribution in [0.2, 0.25) is 0 Å². The molecule has 0 aromatic heterocycles. The molecule has 0 amide bonds. The Bertz CT molecular complexity index is 790. The second-order valence-corrected chi connectivity index (χ2v) is 6.72. The smallest absolute Gasteiger partial charge is 0.416 e. The highest BCUT2D eigenvalue weighted by Crippen LogP contribution is 2.36. The van der Waals surface area contributed by atoms with E-state index in [0.29, 0.717) is 49.2 Å². The molecule has 9 heteroatoms. The summed E-state index contributed by atoms with van der Waals surface area (Å²) in [5.74, 6) is 1.79. The second-order valence-electron chi connectivity index (χ2n) is 6.72. The van der Waals surface area contributed by atoms with E-state index in [-0.39, 0.29) is 12.4 Å². The van der Waals surface area contributed by atoms with Crippen molar-refractivity contribution in [2.75, 3.05) is 58.5 Å². The first-order valence-electron chi connectivity index (χ1n) is 9.40. The summed E-state index contributed by atoms with van der Waals surface area (Å²) in [6.45, 7) is 4.00. The van der Waals surface area contributed by atoms with Crippen molar-refractivity contribution in [2.24, 2.45) is 0 Å². The summed E-state index contributed by atoms with van der Waals surface area (Å²) in [5.41, 5.74) is -0.00827. The minimum absolute atomic E-state index is 0. The summed E-state index contributed by atoms with van der Waals surface area (Å²) in [7, 11) is 3.16. The van der Waals surface area contributed by atoms with E-state index in [1.807, 2.05) is 23.1 Å². The van der Waals surface area contributed by atoms with Crippen molar-refractivity contribution in [2.45, 2.75) is 6.18 Å². The van der Waals surface area contributed by atoms with Crippen LogP contribution in [0.25, 0.3) is 0 Å². The number of ether oxygens (including phenoxy) is 3. The van der Waals surface area contributed by atoms with Gasteiger partial charge in [-0.3, -0.25) is 4.90 Å². The number of benzene rings is 2. The van der Waals surface area contributed by atoms with E-state index in [1.54, 1.807) is 20.3 Å². The minimum atomic E-state index is -4.32. The molecule has 1 aliphatic heterocycles. The molecule has 2 aromatic carbocycles. The van der Waals surface area contributed by atoms with E-state index in [1.165, 1.54) is 12.1 Å². The Morgan fingerprint density at radius 3 is 2.07 bits per heavy atom. The zero-order valence-electron chi connectivity index (χ0n) is 16.9. The largest absolute Gasteiger partial charge is 0.493 e. The lowest BCUT2D eigenvalue weighted by atomic mass is 10.1. The molecular weight excluding hydrogens is 421 g/mol. The van der Waals surface area contributed by atoms with Gasteiger partial charge in [-0.25, -0.2) is 0 Å². The van der Waals surface area contributed by atoms with Gasteiger partial charge in [-0.05, 0) is 30.3 Å². The molecule has 5 nitrogen and oxygen atoms in total. The Kier molecular flexibility index (Phi) is 8.49. The maximum atomic E-state index is 12.9. The van der Waals surface area contributed by atoms with E-state index in [4.69, 9.17) is 14.2 Å². The highest BCUT2D eigenvalue weighted by Gasteiger charge is 2.31. The summed E-state index contributed by atoms with van der Waals surface area (Å²) in [6.07, 6.45) is -4.32. The standard InChI is InChI=1S/C21H25F3N2O3.ClH/c1-27-18-7-4-8-19(28-2)20(18)29-14-13-25-9-11-26(12-10-25)17-6-3-5-16(15-17)21(22,23)24;/h3-8,15H,9-14H2,1-2H3;1H. The van der Waals surface area contributed by atoms with E-state index in [0.717, 1.165) is 19.2 Å². The van der Waals surface area contributed by atoms with Gasteiger partial charge in [0.05, 0.1) is 19.8 Å². The van der Waals surface area contributed by atoms with Gasteiger partial charge < -0.3 is 19.1 Å². The van der Waals surface area contributed by atoms with Crippen molar-refractivity contribution in [1.82, 2.24) is 4.90 Å². The number of alkyl halides is 3. The maximum absolute atomic E-state index is 12.9. The molecule has 3 rings (SSSR count). The molecule has 30 heavy (non-hydrogen) atoms. The second kappa shape index (κ2) is 10.6. The predicted molar refractivity (Wildman–Crippen MR) is 112 cm³/mol. The van der Waals surface area contributed by atoms with Crippen LogP contribution in [-0.4, -0.2) is 58.5 Å². The summed E-state index contributed by atoms with van der Waals surface area (Å²) in [5, 5.41) is 0. The molecule has 1 saturated heterocycles. The first-order chi connectivity index (χ1) is 13.9. The summed E-state index contributed by atoms with van der Waals surface area (Å²) in [4.78, 5) is 4.21. The predicted octanol–water partition coefficient (Wildman–Crippen LogP) is 4.35. The highest BCUT2D eigenvalue weighted by molar-refractivity contribution is 5.85. The normalized spacial score (nSPS) is 14.8. The SMILES string of the molecule is COc1cccc(OC)c1OCCN1CCN(c2cccc(C(F)(F)F)c2)CC1.Cl. The van der Waals surface area contributed by atoms with Gasteiger partial charge in [0.15, 0.2) is 11.5 Å². The van der Waals surface area contributed by atoms with Crippen LogP contribution in [0, 0.1) is 0 Å². The quantitative estimate of drug-likeness (QED) is 0.632. The summed E-state index contributed by atoms with van der Waals surface area (Å²) < 4.78 is 55.3. The van der Waals surface area contributed by atoms with Crippen LogP contribution in [0.5, 0.6) is 17.2 Å². The van der Waals surface area contributed by atoms with Crippen molar-refractivity contribution in [3.63, 3.8) is 0 Å². The molecule has 1 heterocycles. The molecule has 0 unspecified atom stereocenters. The van der Waals surface area contributed by atoms with Crippen molar-refractivity contribution < 1.29 is 27.4 Å². The average Bonchev–Trinajstić information content (AvgIpc) is 2.73. The Balaban J connectivity index is 0.00000320. The van der Waals surface area contributed by atoms with Crippen LogP contribution >= 0.6 is 12.4 Å². The first-order valence-corrected chi connectivity index (χ1v) is 9.40. The molecule has 0 spiro atoms. The van der Waals surface area contributed by atoms with Crippen molar-refractivity contribution in [3.8, 4) is 17.2 Å². The third-order valence-corrected chi connectivity index (χ3v) is 4.95.